The Morgan fingerprint density at radius 3 is 2.33 bits per heavy atom. The fourth-order valence-corrected chi connectivity index (χ4v) is 3.38. The number of amides is 2. The van der Waals surface area contributed by atoms with Gasteiger partial charge in [-0.15, -0.1) is 0 Å². The normalized spacial score (nSPS) is 10.7. The Kier molecular flexibility index (Phi) is 3.73. The molecule has 2 amide bonds. The van der Waals surface area contributed by atoms with E-state index in [2.05, 4.69) is 4.98 Å². The predicted octanol–water partition coefficient (Wildman–Crippen LogP) is 2.72. The molecule has 0 saturated heterocycles. The van der Waals surface area contributed by atoms with Gasteiger partial charge in [0, 0.05) is 24.9 Å². The quantitative estimate of drug-likeness (QED) is 0.628. The van der Waals surface area contributed by atoms with Crippen LogP contribution in [0.5, 0.6) is 0 Å². The molecule has 0 unspecified atom stereocenters. The van der Waals surface area contributed by atoms with Crippen LogP contribution in [0.25, 0.3) is 10.2 Å². The van der Waals surface area contributed by atoms with Crippen molar-refractivity contribution in [1.82, 2.24) is 4.98 Å². The third kappa shape index (κ3) is 2.49. The maximum atomic E-state index is 11.7. The summed E-state index contributed by atoms with van der Waals surface area (Å²) in [5.74, 6) is -1.13. The SMILES string of the molecule is CC(=O)N(C(C)=O)c1c([N+](=O)[O-])sc2nc(C)cc(C)c12. The molecule has 0 aromatic carbocycles. The van der Waals surface area contributed by atoms with Crippen molar-refractivity contribution < 1.29 is 14.5 Å². The van der Waals surface area contributed by atoms with E-state index in [-0.39, 0.29) is 10.7 Å². The van der Waals surface area contributed by atoms with Gasteiger partial charge in [-0.2, -0.15) is 0 Å². The highest BCUT2D eigenvalue weighted by atomic mass is 32.1. The van der Waals surface area contributed by atoms with E-state index in [0.29, 0.717) is 10.2 Å². The van der Waals surface area contributed by atoms with Crippen LogP contribution in [0.2, 0.25) is 0 Å². The van der Waals surface area contributed by atoms with Crippen LogP contribution in [0.15, 0.2) is 6.07 Å². The zero-order valence-electron chi connectivity index (χ0n) is 12.0. The third-order valence-electron chi connectivity index (χ3n) is 2.96. The number of anilines is 1. The molecular weight excluding hydrogens is 294 g/mol. The van der Waals surface area contributed by atoms with Crippen LogP contribution in [0.4, 0.5) is 10.7 Å². The monoisotopic (exact) mass is 307 g/mol. The van der Waals surface area contributed by atoms with Gasteiger partial charge in [0.25, 0.3) is 0 Å². The van der Waals surface area contributed by atoms with Crippen molar-refractivity contribution in [1.29, 1.82) is 0 Å². The largest absolute Gasteiger partial charge is 0.350 e. The number of carbonyl (C=O) groups is 2. The van der Waals surface area contributed by atoms with Crippen LogP contribution < -0.4 is 4.90 Å². The number of imide groups is 1. The summed E-state index contributed by atoms with van der Waals surface area (Å²) in [5, 5.41) is 11.5. The number of nitro groups is 1. The zero-order valence-corrected chi connectivity index (χ0v) is 12.8. The van der Waals surface area contributed by atoms with Gasteiger partial charge in [0.2, 0.25) is 11.8 Å². The van der Waals surface area contributed by atoms with Crippen LogP contribution in [0.1, 0.15) is 25.1 Å². The van der Waals surface area contributed by atoms with Crippen LogP contribution in [0, 0.1) is 24.0 Å². The van der Waals surface area contributed by atoms with Gasteiger partial charge in [-0.1, -0.05) is 0 Å². The second-order valence-electron chi connectivity index (χ2n) is 4.65. The lowest BCUT2D eigenvalue weighted by atomic mass is 10.1. The summed E-state index contributed by atoms with van der Waals surface area (Å²) in [6.45, 7) is 5.96. The first-order valence-electron chi connectivity index (χ1n) is 6.10. The Labute approximate surface area is 124 Å². The molecule has 110 valence electrons. The van der Waals surface area contributed by atoms with Gasteiger partial charge in [-0.05, 0) is 36.8 Å². The molecule has 0 fully saturated rings. The van der Waals surface area contributed by atoms with Crippen molar-refractivity contribution in [3.05, 3.63) is 27.4 Å². The molecule has 0 aliphatic heterocycles. The molecule has 0 bridgehead atoms. The highest BCUT2D eigenvalue weighted by Crippen LogP contribution is 2.44. The number of aromatic nitrogens is 1. The fourth-order valence-electron chi connectivity index (χ4n) is 2.28. The molecule has 7 nitrogen and oxygen atoms in total. The summed E-state index contributed by atoms with van der Waals surface area (Å²) in [5.41, 5.74) is 1.48. The highest BCUT2D eigenvalue weighted by Gasteiger charge is 2.32. The van der Waals surface area contributed by atoms with Crippen molar-refractivity contribution in [2.45, 2.75) is 27.7 Å². The van der Waals surface area contributed by atoms with Gasteiger partial charge in [-0.3, -0.25) is 19.7 Å². The minimum absolute atomic E-state index is 0.0185. The molecule has 0 N–H and O–H groups in total. The summed E-state index contributed by atoms with van der Waals surface area (Å²) in [6.07, 6.45) is 0. The minimum Gasteiger partial charge on any atom is -0.274 e. The van der Waals surface area contributed by atoms with Crippen molar-refractivity contribution in [3.63, 3.8) is 0 Å². The maximum Gasteiger partial charge on any atom is 0.350 e. The van der Waals surface area contributed by atoms with Crippen LogP contribution in [0.3, 0.4) is 0 Å². The Hall–Kier alpha value is -2.35. The average Bonchev–Trinajstić information content (AvgIpc) is 2.67. The smallest absolute Gasteiger partial charge is 0.274 e. The predicted molar refractivity (Wildman–Crippen MR) is 79.6 cm³/mol. The summed E-state index contributed by atoms with van der Waals surface area (Å²) in [6, 6.07) is 1.76. The molecule has 21 heavy (non-hydrogen) atoms. The molecule has 0 spiro atoms. The number of carbonyl (C=O) groups excluding carboxylic acids is 2. The average molecular weight is 307 g/mol. The number of hydrogen-bond donors (Lipinski definition) is 0. The first-order chi connectivity index (χ1) is 9.73. The van der Waals surface area contributed by atoms with Crippen molar-refractivity contribution in [2.24, 2.45) is 0 Å². The first kappa shape index (κ1) is 15.0. The molecule has 0 atom stereocenters. The van der Waals surface area contributed by atoms with Crippen molar-refractivity contribution >= 4 is 44.1 Å². The number of rotatable bonds is 2. The van der Waals surface area contributed by atoms with Gasteiger partial charge in [-0.25, -0.2) is 9.88 Å². The second kappa shape index (κ2) is 5.21. The van der Waals surface area contributed by atoms with E-state index in [1.54, 1.807) is 19.9 Å². The van der Waals surface area contributed by atoms with Gasteiger partial charge < -0.3 is 0 Å². The summed E-state index contributed by atoms with van der Waals surface area (Å²) in [7, 11) is 0. The highest BCUT2D eigenvalue weighted by molar-refractivity contribution is 7.22. The van der Waals surface area contributed by atoms with Crippen molar-refractivity contribution in [2.75, 3.05) is 4.90 Å². The van der Waals surface area contributed by atoms with Gasteiger partial charge in [0.1, 0.15) is 4.83 Å². The van der Waals surface area contributed by atoms with E-state index in [1.165, 1.54) is 13.8 Å². The Bertz CT molecular complexity index is 767. The van der Waals surface area contributed by atoms with Gasteiger partial charge in [0.15, 0.2) is 5.69 Å². The molecule has 2 heterocycles. The van der Waals surface area contributed by atoms with Gasteiger partial charge in [0.05, 0.1) is 4.92 Å². The van der Waals surface area contributed by atoms with E-state index >= 15 is 0 Å². The third-order valence-corrected chi connectivity index (χ3v) is 3.99. The summed E-state index contributed by atoms with van der Waals surface area (Å²) in [4.78, 5) is 39.7. The molecule has 8 heteroatoms. The summed E-state index contributed by atoms with van der Waals surface area (Å²) >= 11 is 0.867. The fraction of sp³-hybridized carbons (Fsp3) is 0.308. The molecule has 2 rings (SSSR count). The van der Waals surface area contributed by atoms with E-state index in [9.17, 15) is 19.7 Å². The lowest BCUT2D eigenvalue weighted by molar-refractivity contribution is -0.379. The number of thiophene rings is 1. The van der Waals surface area contributed by atoms with Crippen molar-refractivity contribution in [3.8, 4) is 0 Å². The lowest BCUT2D eigenvalue weighted by Crippen LogP contribution is -2.33. The first-order valence-corrected chi connectivity index (χ1v) is 6.92. The topological polar surface area (TPSA) is 93.4 Å². The van der Waals surface area contributed by atoms with E-state index in [4.69, 9.17) is 0 Å². The Balaban J connectivity index is 2.93. The Morgan fingerprint density at radius 2 is 1.86 bits per heavy atom. The maximum absolute atomic E-state index is 11.7. The molecule has 0 aliphatic rings. The van der Waals surface area contributed by atoms with Crippen LogP contribution in [-0.2, 0) is 9.59 Å². The number of fused-ring (bicyclic) bond motifs is 1. The van der Waals surface area contributed by atoms with E-state index < -0.39 is 16.7 Å². The Morgan fingerprint density at radius 1 is 1.29 bits per heavy atom. The van der Waals surface area contributed by atoms with E-state index in [0.717, 1.165) is 27.5 Å². The van der Waals surface area contributed by atoms with Gasteiger partial charge >= 0.3 is 5.00 Å². The number of pyridine rings is 1. The van der Waals surface area contributed by atoms with Crippen LogP contribution >= 0.6 is 11.3 Å². The molecule has 2 aromatic heterocycles. The lowest BCUT2D eigenvalue weighted by Gasteiger charge is -2.16. The van der Waals surface area contributed by atoms with Crippen LogP contribution in [-0.4, -0.2) is 21.7 Å². The molecule has 0 aliphatic carbocycles. The zero-order chi connectivity index (χ0) is 15.9. The summed E-state index contributed by atoms with van der Waals surface area (Å²) < 4.78 is 0. The molecule has 2 aromatic rings. The number of aryl methyl sites for hydroxylation is 2. The molecular formula is C13H13N3O4S. The number of hydrogen-bond acceptors (Lipinski definition) is 6. The molecule has 0 saturated carbocycles. The second-order valence-corrected chi connectivity index (χ2v) is 5.62. The standard InChI is InChI=1S/C13H13N3O4S/c1-6-5-7(2)14-12-10(6)11(13(21-12)16(19)20)15(8(3)17)9(4)18/h5H,1-4H3. The minimum atomic E-state index is -0.588. The molecule has 0 radical (unpaired) electrons. The number of nitrogens with zero attached hydrogens (tertiary/aromatic N) is 3. The van der Waals surface area contributed by atoms with E-state index in [1.807, 2.05) is 0 Å².